The van der Waals surface area contributed by atoms with Crippen LogP contribution in [-0.2, 0) is 13.1 Å². The predicted molar refractivity (Wildman–Crippen MR) is 136 cm³/mol. The number of aromatic amines is 1. The van der Waals surface area contributed by atoms with Crippen LogP contribution < -0.4 is 5.32 Å². The molecule has 3 aliphatic carbocycles. The van der Waals surface area contributed by atoms with E-state index < -0.39 is 6.17 Å². The van der Waals surface area contributed by atoms with Crippen molar-refractivity contribution >= 4 is 10.9 Å². The summed E-state index contributed by atoms with van der Waals surface area (Å²) in [6.45, 7) is 2.31. The van der Waals surface area contributed by atoms with Crippen molar-refractivity contribution in [3.8, 4) is 16.9 Å². The molecule has 0 radical (unpaired) electrons. The number of alkyl halides is 1. The number of aromatic nitrogens is 6. The number of nitrogens with one attached hydrogen (secondary N) is 2. The SMILES string of the molecule is FC1CC2(CNCc3cc4ccc(Cn5cc(-c6cncc(-n7cccc7)c6)nn5)cc4[nH]3)CC1C2. The van der Waals surface area contributed by atoms with Gasteiger partial charge in [0.15, 0.2) is 0 Å². The number of hydrogen-bond acceptors (Lipinski definition) is 4. The van der Waals surface area contributed by atoms with E-state index in [0.717, 1.165) is 66.1 Å². The quantitative estimate of drug-likeness (QED) is 0.331. The summed E-state index contributed by atoms with van der Waals surface area (Å²) >= 11 is 0. The molecule has 8 rings (SSSR count). The van der Waals surface area contributed by atoms with E-state index in [2.05, 4.69) is 55.9 Å². The molecule has 2 bridgehead atoms. The minimum atomic E-state index is -0.578. The fraction of sp³-hybridized carbons (Fsp3) is 0.321. The van der Waals surface area contributed by atoms with E-state index >= 15 is 0 Å². The fourth-order valence-electron chi connectivity index (χ4n) is 6.07. The van der Waals surface area contributed by atoms with Crippen LogP contribution in [0.15, 0.2) is 73.4 Å². The van der Waals surface area contributed by atoms with Gasteiger partial charge in [-0.2, -0.15) is 0 Å². The van der Waals surface area contributed by atoms with E-state index in [1.54, 1.807) is 0 Å². The highest BCUT2D eigenvalue weighted by atomic mass is 19.1. The number of fused-ring (bicyclic) bond motifs is 2. The van der Waals surface area contributed by atoms with Crippen molar-refractivity contribution in [1.29, 1.82) is 0 Å². The molecule has 4 aromatic heterocycles. The topological polar surface area (TPSA) is 76.3 Å². The average molecular weight is 482 g/mol. The van der Waals surface area contributed by atoms with Gasteiger partial charge in [-0.25, -0.2) is 9.07 Å². The van der Waals surface area contributed by atoms with Crippen molar-refractivity contribution in [3.63, 3.8) is 0 Å². The molecule has 1 unspecified atom stereocenters. The molecule has 3 fully saturated rings. The Morgan fingerprint density at radius 3 is 2.81 bits per heavy atom. The van der Waals surface area contributed by atoms with Gasteiger partial charge in [-0.3, -0.25) is 4.98 Å². The van der Waals surface area contributed by atoms with E-state index in [1.807, 2.05) is 52.4 Å². The second-order valence-corrected chi connectivity index (χ2v) is 10.5. The highest BCUT2D eigenvalue weighted by Gasteiger charge is 2.55. The normalized spacial score (nSPS) is 22.8. The van der Waals surface area contributed by atoms with Gasteiger partial charge in [-0.15, -0.1) is 5.10 Å². The summed E-state index contributed by atoms with van der Waals surface area (Å²) in [6.07, 6.45) is 11.9. The van der Waals surface area contributed by atoms with Crippen LogP contribution >= 0.6 is 0 Å². The van der Waals surface area contributed by atoms with E-state index in [4.69, 9.17) is 0 Å². The third-order valence-electron chi connectivity index (χ3n) is 7.89. The van der Waals surface area contributed by atoms with E-state index in [1.165, 1.54) is 5.39 Å². The lowest BCUT2D eigenvalue weighted by Crippen LogP contribution is -2.38. The zero-order valence-corrected chi connectivity index (χ0v) is 19.9. The molecule has 8 heteroatoms. The number of hydrogen-bond donors (Lipinski definition) is 2. The zero-order chi connectivity index (χ0) is 24.1. The zero-order valence-electron chi connectivity index (χ0n) is 19.9. The number of nitrogens with zero attached hydrogens (tertiary/aromatic N) is 5. The van der Waals surface area contributed by atoms with E-state index in [0.29, 0.717) is 12.5 Å². The van der Waals surface area contributed by atoms with Gasteiger partial charge in [0.1, 0.15) is 11.9 Å². The molecule has 2 N–H and O–H groups in total. The molecule has 0 aliphatic heterocycles. The van der Waals surface area contributed by atoms with Crippen molar-refractivity contribution in [2.24, 2.45) is 11.3 Å². The molecule has 36 heavy (non-hydrogen) atoms. The van der Waals surface area contributed by atoms with Crippen molar-refractivity contribution in [2.75, 3.05) is 6.54 Å². The first kappa shape index (κ1) is 21.5. The van der Waals surface area contributed by atoms with Crippen LogP contribution in [0.5, 0.6) is 0 Å². The smallest absolute Gasteiger partial charge is 0.114 e. The first-order valence-corrected chi connectivity index (χ1v) is 12.6. The summed E-state index contributed by atoms with van der Waals surface area (Å²) in [6, 6.07) is 14.7. The Morgan fingerprint density at radius 1 is 1.08 bits per heavy atom. The molecule has 7 nitrogen and oxygen atoms in total. The standard InChI is InChI=1S/C28H28FN7/c29-25-12-28(10-22(25)11-28)18-31-14-23-8-20-4-3-19(7-26(20)32-23)16-36-17-27(33-34-36)21-9-24(15-30-13-21)35-5-1-2-6-35/h1-9,13,15,17,22,25,31-32H,10-12,14,16,18H2. The fourth-order valence-corrected chi connectivity index (χ4v) is 6.07. The average Bonchev–Trinajstić information content (AvgIpc) is 3.68. The monoisotopic (exact) mass is 481 g/mol. The Balaban J connectivity index is 1.02. The van der Waals surface area contributed by atoms with Gasteiger partial charge >= 0.3 is 0 Å². The van der Waals surface area contributed by atoms with E-state index in [-0.39, 0.29) is 5.41 Å². The Labute approximate surface area is 208 Å². The minimum absolute atomic E-state index is 0.208. The van der Waals surface area contributed by atoms with Gasteiger partial charge in [0.2, 0.25) is 0 Å². The van der Waals surface area contributed by atoms with Crippen LogP contribution in [0, 0.1) is 11.3 Å². The molecule has 3 aliphatic rings. The molecule has 182 valence electrons. The number of rotatable bonds is 8. The highest BCUT2D eigenvalue weighted by molar-refractivity contribution is 5.81. The lowest BCUT2D eigenvalue weighted by molar-refractivity contribution is 0.130. The van der Waals surface area contributed by atoms with Crippen LogP contribution in [-0.4, -0.2) is 42.2 Å². The van der Waals surface area contributed by atoms with Crippen LogP contribution in [0.25, 0.3) is 27.8 Å². The van der Waals surface area contributed by atoms with Crippen molar-refractivity contribution in [1.82, 2.24) is 34.8 Å². The van der Waals surface area contributed by atoms with Crippen LogP contribution in [0.3, 0.4) is 0 Å². The Morgan fingerprint density at radius 2 is 1.97 bits per heavy atom. The lowest BCUT2D eigenvalue weighted by atomic mass is 9.69. The molecule has 0 spiro atoms. The maximum Gasteiger partial charge on any atom is 0.114 e. The number of H-pyrrole nitrogens is 1. The van der Waals surface area contributed by atoms with Crippen LogP contribution in [0.1, 0.15) is 30.5 Å². The van der Waals surface area contributed by atoms with Gasteiger partial charge in [-0.1, -0.05) is 17.3 Å². The molecule has 0 amide bonds. The first-order valence-electron chi connectivity index (χ1n) is 12.6. The summed E-state index contributed by atoms with van der Waals surface area (Å²) in [4.78, 5) is 7.92. The van der Waals surface area contributed by atoms with Crippen molar-refractivity contribution in [3.05, 3.63) is 84.7 Å². The first-order chi connectivity index (χ1) is 17.6. The Hall–Kier alpha value is -3.78. The van der Waals surface area contributed by atoms with Crippen LogP contribution in [0.2, 0.25) is 0 Å². The predicted octanol–water partition coefficient (Wildman–Crippen LogP) is 4.89. The molecule has 1 atom stereocenters. The maximum atomic E-state index is 13.8. The number of halogens is 1. The molecular weight excluding hydrogens is 453 g/mol. The third kappa shape index (κ3) is 3.91. The molecule has 3 saturated carbocycles. The molecule has 4 heterocycles. The summed E-state index contributed by atoms with van der Waals surface area (Å²) in [5.41, 5.74) is 6.34. The van der Waals surface area contributed by atoms with E-state index in [9.17, 15) is 4.39 Å². The minimum Gasteiger partial charge on any atom is -0.357 e. The van der Waals surface area contributed by atoms with Gasteiger partial charge in [-0.05, 0) is 71.9 Å². The second kappa shape index (κ2) is 8.41. The number of pyridine rings is 1. The summed E-state index contributed by atoms with van der Waals surface area (Å²) < 4.78 is 17.7. The Bertz CT molecular complexity index is 1510. The summed E-state index contributed by atoms with van der Waals surface area (Å²) in [7, 11) is 0. The van der Waals surface area contributed by atoms with Crippen molar-refractivity contribution in [2.45, 2.75) is 38.5 Å². The van der Waals surface area contributed by atoms with Crippen molar-refractivity contribution < 1.29 is 4.39 Å². The molecule has 0 saturated heterocycles. The molecule has 5 aromatic rings. The third-order valence-corrected chi connectivity index (χ3v) is 7.89. The second-order valence-electron chi connectivity index (χ2n) is 10.5. The lowest BCUT2D eigenvalue weighted by Gasteiger charge is -2.38. The summed E-state index contributed by atoms with van der Waals surface area (Å²) in [5.74, 6) is 0.325. The highest BCUT2D eigenvalue weighted by Crippen LogP contribution is 2.59. The maximum absolute atomic E-state index is 13.8. The van der Waals surface area contributed by atoms with Gasteiger partial charge in [0.05, 0.1) is 24.6 Å². The number of benzene rings is 1. The van der Waals surface area contributed by atoms with Gasteiger partial charge in [0.25, 0.3) is 0 Å². The molecular formula is C28H28FN7. The summed E-state index contributed by atoms with van der Waals surface area (Å²) in [5, 5.41) is 13.5. The Kier molecular flexibility index (Phi) is 5.02. The van der Waals surface area contributed by atoms with Gasteiger partial charge < -0.3 is 14.9 Å². The largest absolute Gasteiger partial charge is 0.357 e. The van der Waals surface area contributed by atoms with Gasteiger partial charge in [0, 0.05) is 48.5 Å². The molecule has 1 aromatic carbocycles. The van der Waals surface area contributed by atoms with Crippen LogP contribution in [0.4, 0.5) is 4.39 Å².